The molecule has 1 heterocycles. The van der Waals surface area contributed by atoms with Gasteiger partial charge in [0.05, 0.1) is 24.8 Å². The highest BCUT2D eigenvalue weighted by atomic mass is 32.2. The van der Waals surface area contributed by atoms with E-state index in [1.165, 1.54) is 52.6 Å². The first kappa shape index (κ1) is 22.4. The molecule has 0 atom stereocenters. The molecule has 166 valence electrons. The van der Waals surface area contributed by atoms with Gasteiger partial charge in [0.1, 0.15) is 19.0 Å². The second-order valence-corrected chi connectivity index (χ2v) is 8.87. The number of benzene rings is 2. The number of carbonyl (C=O) groups excluding carboxylic acids is 1. The molecule has 1 aliphatic heterocycles. The van der Waals surface area contributed by atoms with Crippen molar-refractivity contribution >= 4 is 27.7 Å². The van der Waals surface area contributed by atoms with Gasteiger partial charge in [0.2, 0.25) is 21.7 Å². The van der Waals surface area contributed by atoms with Gasteiger partial charge in [-0.05, 0) is 42.0 Å². The summed E-state index contributed by atoms with van der Waals surface area (Å²) in [7, 11) is 2.16. The SMILES string of the molecule is COc1ccc(S(=O)(=O)N(C)C)cc1NC(=O)/C=C/c1cc(OC)c2c(c1)OCCO2. The Kier molecular flexibility index (Phi) is 6.71. The number of ether oxygens (including phenoxy) is 4. The maximum Gasteiger partial charge on any atom is 0.248 e. The molecule has 0 bridgehead atoms. The minimum absolute atomic E-state index is 0.0363. The van der Waals surface area contributed by atoms with E-state index < -0.39 is 15.9 Å². The minimum atomic E-state index is -3.66. The van der Waals surface area contributed by atoms with Gasteiger partial charge >= 0.3 is 0 Å². The molecule has 1 amide bonds. The van der Waals surface area contributed by atoms with Gasteiger partial charge in [0.15, 0.2) is 11.5 Å². The third-order valence-corrected chi connectivity index (χ3v) is 6.30. The molecule has 9 nitrogen and oxygen atoms in total. The average Bonchev–Trinajstić information content (AvgIpc) is 2.76. The van der Waals surface area contributed by atoms with Gasteiger partial charge in [0.25, 0.3) is 0 Å². The van der Waals surface area contributed by atoms with E-state index >= 15 is 0 Å². The van der Waals surface area contributed by atoms with Gasteiger partial charge in [-0.2, -0.15) is 0 Å². The number of rotatable bonds is 7. The lowest BCUT2D eigenvalue weighted by molar-refractivity contribution is -0.111. The summed E-state index contributed by atoms with van der Waals surface area (Å²) < 4.78 is 47.6. The number of methoxy groups -OCH3 is 2. The Balaban J connectivity index is 1.83. The van der Waals surface area contributed by atoms with Crippen molar-refractivity contribution < 1.29 is 32.2 Å². The molecule has 1 aliphatic rings. The average molecular weight is 448 g/mol. The van der Waals surface area contributed by atoms with Crippen LogP contribution in [-0.4, -0.2) is 60.2 Å². The molecule has 3 rings (SSSR count). The number of anilines is 1. The highest BCUT2D eigenvalue weighted by molar-refractivity contribution is 7.89. The van der Waals surface area contributed by atoms with Crippen LogP contribution in [0.4, 0.5) is 5.69 Å². The standard InChI is InChI=1S/C21H24N2O7S/c1-23(2)31(25,26)15-6-7-17(27-3)16(13-15)22-20(24)8-5-14-11-18(28-4)21-19(12-14)29-9-10-30-21/h5-8,11-13H,9-10H2,1-4H3,(H,22,24)/b8-5+. The maximum absolute atomic E-state index is 12.5. The van der Waals surface area contributed by atoms with Crippen LogP contribution in [0.15, 0.2) is 41.3 Å². The van der Waals surface area contributed by atoms with Gasteiger partial charge in [0, 0.05) is 20.2 Å². The van der Waals surface area contributed by atoms with E-state index in [0.717, 1.165) is 4.31 Å². The summed E-state index contributed by atoms with van der Waals surface area (Å²) in [6.07, 6.45) is 2.90. The molecule has 0 fully saturated rings. The first-order valence-corrected chi connectivity index (χ1v) is 10.8. The van der Waals surface area contributed by atoms with Crippen molar-refractivity contribution in [3.8, 4) is 23.0 Å². The van der Waals surface area contributed by atoms with Crippen molar-refractivity contribution in [2.45, 2.75) is 4.90 Å². The predicted octanol–water partition coefficient (Wildman–Crippen LogP) is 2.38. The summed E-state index contributed by atoms with van der Waals surface area (Å²) >= 11 is 0. The minimum Gasteiger partial charge on any atom is -0.495 e. The molecule has 0 saturated carbocycles. The van der Waals surface area contributed by atoms with Crippen LogP contribution in [0.3, 0.4) is 0 Å². The summed E-state index contributed by atoms with van der Waals surface area (Å²) in [5.74, 6) is 1.43. The van der Waals surface area contributed by atoms with Crippen LogP contribution in [0.25, 0.3) is 6.08 Å². The summed E-state index contributed by atoms with van der Waals surface area (Å²) in [5.41, 5.74) is 0.909. The van der Waals surface area contributed by atoms with Crippen molar-refractivity contribution in [3.05, 3.63) is 42.0 Å². The molecule has 0 spiro atoms. The van der Waals surface area contributed by atoms with Crippen molar-refractivity contribution in [2.75, 3.05) is 46.8 Å². The lowest BCUT2D eigenvalue weighted by Gasteiger charge is -2.20. The van der Waals surface area contributed by atoms with Crippen LogP contribution in [0.5, 0.6) is 23.0 Å². The fourth-order valence-electron chi connectivity index (χ4n) is 2.89. The number of amides is 1. The Labute approximate surface area is 181 Å². The predicted molar refractivity (Wildman–Crippen MR) is 116 cm³/mol. The summed E-state index contributed by atoms with van der Waals surface area (Å²) in [6.45, 7) is 0.862. The van der Waals surface area contributed by atoms with E-state index in [2.05, 4.69) is 5.32 Å². The van der Waals surface area contributed by atoms with Gasteiger partial charge in [-0.3, -0.25) is 4.79 Å². The molecular formula is C21H24N2O7S. The van der Waals surface area contributed by atoms with E-state index in [9.17, 15) is 13.2 Å². The summed E-state index contributed by atoms with van der Waals surface area (Å²) in [6, 6.07) is 7.73. The van der Waals surface area contributed by atoms with Crippen LogP contribution >= 0.6 is 0 Å². The summed E-state index contributed by atoms with van der Waals surface area (Å²) in [5, 5.41) is 2.65. The lowest BCUT2D eigenvalue weighted by atomic mass is 10.1. The quantitative estimate of drug-likeness (QED) is 0.649. The number of nitrogens with one attached hydrogen (secondary N) is 1. The second kappa shape index (κ2) is 9.27. The normalized spacial score (nSPS) is 13.3. The van der Waals surface area contributed by atoms with Crippen LogP contribution in [0.2, 0.25) is 0 Å². The third kappa shape index (κ3) is 4.92. The van der Waals surface area contributed by atoms with Crippen molar-refractivity contribution in [2.24, 2.45) is 0 Å². The Bertz CT molecular complexity index is 1090. The molecule has 2 aromatic carbocycles. The summed E-state index contributed by atoms with van der Waals surface area (Å²) in [4.78, 5) is 12.5. The molecule has 2 aromatic rings. The molecule has 31 heavy (non-hydrogen) atoms. The largest absolute Gasteiger partial charge is 0.495 e. The van der Waals surface area contributed by atoms with E-state index in [0.29, 0.717) is 41.8 Å². The molecular weight excluding hydrogens is 424 g/mol. The van der Waals surface area contributed by atoms with E-state index in [-0.39, 0.29) is 10.6 Å². The molecule has 0 radical (unpaired) electrons. The molecule has 10 heteroatoms. The van der Waals surface area contributed by atoms with E-state index in [4.69, 9.17) is 18.9 Å². The van der Waals surface area contributed by atoms with E-state index in [1.807, 2.05) is 0 Å². The Morgan fingerprint density at radius 2 is 1.77 bits per heavy atom. The highest BCUT2D eigenvalue weighted by Crippen LogP contribution is 2.40. The molecule has 0 aromatic heterocycles. The Hall–Kier alpha value is -3.24. The first-order chi connectivity index (χ1) is 14.8. The number of nitrogens with zero attached hydrogens (tertiary/aromatic N) is 1. The number of fused-ring (bicyclic) bond motifs is 1. The third-order valence-electron chi connectivity index (χ3n) is 4.48. The number of sulfonamides is 1. The monoisotopic (exact) mass is 448 g/mol. The van der Waals surface area contributed by atoms with Crippen LogP contribution in [0.1, 0.15) is 5.56 Å². The maximum atomic E-state index is 12.5. The second-order valence-electron chi connectivity index (χ2n) is 6.72. The highest BCUT2D eigenvalue weighted by Gasteiger charge is 2.20. The molecule has 1 N–H and O–H groups in total. The van der Waals surface area contributed by atoms with Crippen LogP contribution < -0.4 is 24.3 Å². The Morgan fingerprint density at radius 3 is 2.45 bits per heavy atom. The molecule has 0 unspecified atom stereocenters. The van der Waals surface area contributed by atoms with Gasteiger partial charge in [-0.15, -0.1) is 0 Å². The van der Waals surface area contributed by atoms with Crippen molar-refractivity contribution in [3.63, 3.8) is 0 Å². The zero-order valence-corrected chi connectivity index (χ0v) is 18.5. The lowest BCUT2D eigenvalue weighted by Crippen LogP contribution is -2.22. The van der Waals surface area contributed by atoms with Gasteiger partial charge in [-0.1, -0.05) is 0 Å². The van der Waals surface area contributed by atoms with Crippen LogP contribution in [0, 0.1) is 0 Å². The van der Waals surface area contributed by atoms with Crippen LogP contribution in [-0.2, 0) is 14.8 Å². The topological polar surface area (TPSA) is 103 Å². The van der Waals surface area contributed by atoms with Crippen molar-refractivity contribution in [1.82, 2.24) is 4.31 Å². The smallest absolute Gasteiger partial charge is 0.248 e. The van der Waals surface area contributed by atoms with Gasteiger partial charge < -0.3 is 24.3 Å². The van der Waals surface area contributed by atoms with E-state index in [1.54, 1.807) is 18.2 Å². The fraction of sp³-hybridized carbons (Fsp3) is 0.286. The molecule has 0 saturated heterocycles. The zero-order valence-electron chi connectivity index (χ0n) is 17.7. The van der Waals surface area contributed by atoms with Crippen molar-refractivity contribution in [1.29, 1.82) is 0 Å². The zero-order chi connectivity index (χ0) is 22.6. The number of hydrogen-bond acceptors (Lipinski definition) is 7. The Morgan fingerprint density at radius 1 is 1.06 bits per heavy atom. The number of carbonyl (C=O) groups is 1. The fourth-order valence-corrected chi connectivity index (χ4v) is 3.82. The number of hydrogen-bond donors (Lipinski definition) is 1. The first-order valence-electron chi connectivity index (χ1n) is 9.33. The van der Waals surface area contributed by atoms with Gasteiger partial charge in [-0.25, -0.2) is 12.7 Å². The molecule has 0 aliphatic carbocycles.